The zero-order chi connectivity index (χ0) is 7.44. The normalized spacial score (nSPS) is 12.7. The molecular weight excluding hydrogens is 118 g/mol. The van der Waals surface area contributed by atoms with E-state index in [1.165, 1.54) is 0 Å². The highest BCUT2D eigenvalue weighted by Gasteiger charge is 2.05. The highest BCUT2D eigenvalue weighted by atomic mass is 16.4. The number of carbonyl (C=O) groups is 1. The molecule has 0 aromatic heterocycles. The van der Waals surface area contributed by atoms with Crippen molar-refractivity contribution in [2.24, 2.45) is 0 Å². The summed E-state index contributed by atoms with van der Waals surface area (Å²) in [6, 6.07) is -0.650. The molecule has 0 saturated carbocycles. The van der Waals surface area contributed by atoms with Crippen molar-refractivity contribution < 1.29 is 15.6 Å². The summed E-state index contributed by atoms with van der Waals surface area (Å²) in [5.41, 5.74) is 4.17. The Bertz CT molecular complexity index is 131. The summed E-state index contributed by atoms with van der Waals surface area (Å²) >= 11 is 0. The highest BCUT2D eigenvalue weighted by Crippen LogP contribution is 1.95. The Balaban J connectivity index is 3.63. The lowest BCUT2D eigenvalue weighted by atomic mass is 10.1. The fourth-order valence-electron chi connectivity index (χ4n) is 0.504. The molecule has 0 aromatic carbocycles. The number of hydrogen-bond donors (Lipinski definition) is 1. The second-order valence-electron chi connectivity index (χ2n) is 2.18. The largest absolute Gasteiger partial charge is 0.544 e. The number of carboxylic acids is 1. The summed E-state index contributed by atoms with van der Waals surface area (Å²) in [5.74, 6) is -1.11. The van der Waals surface area contributed by atoms with E-state index in [0.29, 0.717) is 6.42 Å². The maximum absolute atomic E-state index is 10.0. The Kier molecular flexibility index (Phi) is 2.95. The summed E-state index contributed by atoms with van der Waals surface area (Å²) in [6.07, 6.45) is 0.405. The second kappa shape index (κ2) is 3.25. The summed E-state index contributed by atoms with van der Waals surface area (Å²) in [5, 5.41) is 10.0. The van der Waals surface area contributed by atoms with Crippen molar-refractivity contribution >= 4 is 5.97 Å². The Morgan fingerprint density at radius 2 is 2.33 bits per heavy atom. The number of rotatable bonds is 3. The van der Waals surface area contributed by atoms with Crippen LogP contribution in [0.5, 0.6) is 0 Å². The quantitative estimate of drug-likeness (QED) is 0.462. The predicted molar refractivity (Wildman–Crippen MR) is 31.1 cm³/mol. The Labute approximate surface area is 54.2 Å². The van der Waals surface area contributed by atoms with Crippen LogP contribution in [-0.4, -0.2) is 12.0 Å². The van der Waals surface area contributed by atoms with E-state index < -0.39 is 12.0 Å². The molecule has 52 valence electrons. The average molecular weight is 129 g/mol. The Morgan fingerprint density at radius 3 is 2.44 bits per heavy atom. The number of carbonyl (C=O) groups excluding carboxylic acids is 1. The minimum Gasteiger partial charge on any atom is -0.544 e. The molecule has 3 heteroatoms. The van der Waals surface area contributed by atoms with Crippen molar-refractivity contribution in [2.75, 3.05) is 0 Å². The molecule has 3 nitrogen and oxygen atoms in total. The first-order valence-electron chi connectivity index (χ1n) is 2.72. The van der Waals surface area contributed by atoms with Gasteiger partial charge in [-0.2, -0.15) is 0 Å². The zero-order valence-electron chi connectivity index (χ0n) is 5.52. The van der Waals surface area contributed by atoms with E-state index in [9.17, 15) is 9.90 Å². The van der Waals surface area contributed by atoms with Crippen LogP contribution in [0, 0.1) is 0 Å². The lowest BCUT2D eigenvalue weighted by Gasteiger charge is -2.07. The first kappa shape index (κ1) is 8.17. The lowest BCUT2D eigenvalue weighted by molar-refractivity contribution is -0.436. The maximum Gasteiger partial charge on any atom is 0.128 e. The van der Waals surface area contributed by atoms with Crippen molar-refractivity contribution in [1.82, 2.24) is 0 Å². The first-order valence-corrected chi connectivity index (χ1v) is 2.72. The van der Waals surface area contributed by atoms with Crippen LogP contribution in [0.15, 0.2) is 12.2 Å². The summed E-state index contributed by atoms with van der Waals surface area (Å²) in [6.45, 7) is 5.31. The minimum atomic E-state index is -1.11. The van der Waals surface area contributed by atoms with E-state index >= 15 is 0 Å². The fourth-order valence-corrected chi connectivity index (χ4v) is 0.504. The average Bonchev–Trinajstić information content (AvgIpc) is 1.63. The lowest BCUT2D eigenvalue weighted by Crippen LogP contribution is -2.68. The molecule has 0 amide bonds. The van der Waals surface area contributed by atoms with Crippen LogP contribution in [0.2, 0.25) is 0 Å². The monoisotopic (exact) mass is 129 g/mol. The Morgan fingerprint density at radius 1 is 1.89 bits per heavy atom. The molecule has 0 aromatic rings. The van der Waals surface area contributed by atoms with Crippen LogP contribution in [0.4, 0.5) is 0 Å². The molecule has 0 radical (unpaired) electrons. The molecular formula is C6H11NO2. The van der Waals surface area contributed by atoms with Gasteiger partial charge < -0.3 is 15.6 Å². The molecule has 0 aliphatic heterocycles. The van der Waals surface area contributed by atoms with Gasteiger partial charge in [-0.3, -0.25) is 0 Å². The summed E-state index contributed by atoms with van der Waals surface area (Å²) in [7, 11) is 0. The molecule has 0 fully saturated rings. The number of carboxylic acid groups (broad SMARTS) is 1. The van der Waals surface area contributed by atoms with Crippen molar-refractivity contribution in [3.8, 4) is 0 Å². The summed E-state index contributed by atoms with van der Waals surface area (Å²) in [4.78, 5) is 10.0. The molecule has 0 heterocycles. The molecule has 1 atom stereocenters. The van der Waals surface area contributed by atoms with E-state index in [1.807, 2.05) is 0 Å². The fraction of sp³-hybridized carbons (Fsp3) is 0.500. The number of hydrogen-bond acceptors (Lipinski definition) is 2. The van der Waals surface area contributed by atoms with Gasteiger partial charge in [0.2, 0.25) is 0 Å². The molecule has 0 unspecified atom stereocenters. The maximum atomic E-state index is 10.0. The zero-order valence-corrected chi connectivity index (χ0v) is 5.52. The second-order valence-corrected chi connectivity index (χ2v) is 2.18. The van der Waals surface area contributed by atoms with Gasteiger partial charge in [-0.25, -0.2) is 0 Å². The van der Waals surface area contributed by atoms with Gasteiger partial charge in [0.1, 0.15) is 6.04 Å². The van der Waals surface area contributed by atoms with Crippen molar-refractivity contribution in [3.05, 3.63) is 12.2 Å². The van der Waals surface area contributed by atoms with E-state index in [0.717, 1.165) is 5.57 Å². The van der Waals surface area contributed by atoms with Crippen LogP contribution in [0.3, 0.4) is 0 Å². The molecule has 0 bridgehead atoms. The van der Waals surface area contributed by atoms with Crippen molar-refractivity contribution in [1.29, 1.82) is 0 Å². The number of quaternary nitrogens is 1. The number of aliphatic carboxylic acids is 1. The standard InChI is InChI=1S/C6H11NO2/c1-4(2)3-5(7)6(8)9/h5H,1,3,7H2,2H3,(H,8,9)/t5-/m1/s1. The molecule has 0 rings (SSSR count). The topological polar surface area (TPSA) is 67.8 Å². The van der Waals surface area contributed by atoms with Gasteiger partial charge in [-0.05, 0) is 6.92 Å². The van der Waals surface area contributed by atoms with Crippen molar-refractivity contribution in [2.45, 2.75) is 19.4 Å². The third-order valence-corrected chi connectivity index (χ3v) is 0.928. The third kappa shape index (κ3) is 3.73. The highest BCUT2D eigenvalue weighted by molar-refractivity contribution is 5.69. The molecule has 3 N–H and O–H groups in total. The van der Waals surface area contributed by atoms with Gasteiger partial charge in [0.05, 0.1) is 5.97 Å². The third-order valence-electron chi connectivity index (χ3n) is 0.928. The smallest absolute Gasteiger partial charge is 0.128 e. The van der Waals surface area contributed by atoms with E-state index in [4.69, 9.17) is 0 Å². The van der Waals surface area contributed by atoms with E-state index in [-0.39, 0.29) is 0 Å². The van der Waals surface area contributed by atoms with Gasteiger partial charge in [0, 0.05) is 6.42 Å². The van der Waals surface area contributed by atoms with Crippen molar-refractivity contribution in [3.63, 3.8) is 0 Å². The van der Waals surface area contributed by atoms with Crippen LogP contribution in [0.25, 0.3) is 0 Å². The Hall–Kier alpha value is -0.830. The van der Waals surface area contributed by atoms with E-state index in [2.05, 4.69) is 12.3 Å². The van der Waals surface area contributed by atoms with Crippen LogP contribution in [-0.2, 0) is 4.79 Å². The SMILES string of the molecule is C=C(C)C[C@@H]([NH3+])C(=O)[O-]. The van der Waals surface area contributed by atoms with Crippen LogP contribution < -0.4 is 10.8 Å². The summed E-state index contributed by atoms with van der Waals surface area (Å²) < 4.78 is 0. The minimum absolute atomic E-state index is 0.405. The molecule has 0 spiro atoms. The van der Waals surface area contributed by atoms with Gasteiger partial charge in [0.15, 0.2) is 0 Å². The van der Waals surface area contributed by atoms with Gasteiger partial charge >= 0.3 is 0 Å². The van der Waals surface area contributed by atoms with Crippen LogP contribution in [0.1, 0.15) is 13.3 Å². The van der Waals surface area contributed by atoms with Gasteiger partial charge in [-0.1, -0.05) is 12.2 Å². The van der Waals surface area contributed by atoms with Gasteiger partial charge in [0.25, 0.3) is 0 Å². The molecule has 9 heavy (non-hydrogen) atoms. The molecule has 0 aliphatic carbocycles. The van der Waals surface area contributed by atoms with Crippen LogP contribution >= 0.6 is 0 Å². The van der Waals surface area contributed by atoms with E-state index in [1.54, 1.807) is 6.92 Å². The molecule has 0 aliphatic rings. The predicted octanol–water partition coefficient (Wildman–Crippen LogP) is -1.69. The molecule has 0 saturated heterocycles. The van der Waals surface area contributed by atoms with Gasteiger partial charge in [-0.15, -0.1) is 0 Å². The first-order chi connectivity index (χ1) is 4.04.